The van der Waals surface area contributed by atoms with Crippen molar-refractivity contribution in [1.29, 1.82) is 0 Å². The van der Waals surface area contributed by atoms with Crippen molar-refractivity contribution in [2.75, 3.05) is 25.4 Å². The Bertz CT molecular complexity index is 198. The van der Waals surface area contributed by atoms with Crippen molar-refractivity contribution in [1.82, 2.24) is 10.2 Å². The molecule has 0 amide bonds. The van der Waals surface area contributed by atoms with E-state index in [2.05, 4.69) is 35.8 Å². The summed E-state index contributed by atoms with van der Waals surface area (Å²) < 4.78 is 0. The molecule has 1 saturated heterocycles. The first-order valence-corrected chi connectivity index (χ1v) is 7.44. The van der Waals surface area contributed by atoms with E-state index in [-0.39, 0.29) is 0 Å². The van der Waals surface area contributed by atoms with E-state index in [1.54, 1.807) is 0 Å². The van der Waals surface area contributed by atoms with Crippen molar-refractivity contribution < 1.29 is 0 Å². The van der Waals surface area contributed by atoms with Gasteiger partial charge in [-0.25, -0.2) is 0 Å². The fraction of sp³-hybridized carbons (Fsp3) is 1.00. The molecule has 1 aliphatic carbocycles. The van der Waals surface area contributed by atoms with Crippen LogP contribution in [0.1, 0.15) is 33.1 Å². The molecule has 3 unspecified atom stereocenters. The van der Waals surface area contributed by atoms with Crippen LogP contribution in [0, 0.1) is 0 Å². The summed E-state index contributed by atoms with van der Waals surface area (Å²) in [6.07, 6.45) is 4.31. The quantitative estimate of drug-likeness (QED) is 0.795. The van der Waals surface area contributed by atoms with Gasteiger partial charge >= 0.3 is 0 Å². The molecule has 2 nitrogen and oxygen atoms in total. The van der Waals surface area contributed by atoms with Crippen LogP contribution in [0.25, 0.3) is 0 Å². The summed E-state index contributed by atoms with van der Waals surface area (Å²) in [7, 11) is 0. The van der Waals surface area contributed by atoms with E-state index in [0.717, 1.165) is 17.3 Å². The van der Waals surface area contributed by atoms with E-state index < -0.39 is 0 Å². The maximum atomic E-state index is 3.48. The van der Waals surface area contributed by atoms with Crippen LogP contribution >= 0.6 is 11.8 Å². The Morgan fingerprint density at radius 2 is 2.27 bits per heavy atom. The number of rotatable bonds is 3. The molecule has 0 aromatic rings. The Hall–Kier alpha value is 0.270. The van der Waals surface area contributed by atoms with Gasteiger partial charge in [0.05, 0.1) is 0 Å². The van der Waals surface area contributed by atoms with E-state index in [9.17, 15) is 0 Å². The number of hydrogen-bond acceptors (Lipinski definition) is 3. The van der Waals surface area contributed by atoms with Crippen LogP contribution in [-0.2, 0) is 0 Å². The van der Waals surface area contributed by atoms with E-state index in [4.69, 9.17) is 0 Å². The lowest BCUT2D eigenvalue weighted by Gasteiger charge is -2.38. The zero-order chi connectivity index (χ0) is 10.7. The fourth-order valence-corrected chi connectivity index (χ4v) is 4.14. The van der Waals surface area contributed by atoms with Crippen LogP contribution < -0.4 is 5.32 Å². The average Bonchev–Trinajstić information content (AvgIpc) is 2.68. The van der Waals surface area contributed by atoms with Crippen molar-refractivity contribution in [3.05, 3.63) is 0 Å². The first-order chi connectivity index (χ1) is 7.31. The SMILES string of the molecule is CCSC1CCC(N2CCNCC2C)C1. The second kappa shape index (κ2) is 5.55. The van der Waals surface area contributed by atoms with E-state index in [0.29, 0.717) is 0 Å². The summed E-state index contributed by atoms with van der Waals surface area (Å²) in [4.78, 5) is 2.74. The number of nitrogens with one attached hydrogen (secondary N) is 1. The predicted molar refractivity (Wildman–Crippen MR) is 68.6 cm³/mol. The van der Waals surface area contributed by atoms with Gasteiger partial charge in [-0.2, -0.15) is 11.8 Å². The highest BCUT2D eigenvalue weighted by molar-refractivity contribution is 7.99. The normalized spacial score (nSPS) is 38.4. The van der Waals surface area contributed by atoms with E-state index >= 15 is 0 Å². The predicted octanol–water partition coefficient (Wildman–Crippen LogP) is 1.95. The molecule has 1 heterocycles. The summed E-state index contributed by atoms with van der Waals surface area (Å²) in [5.41, 5.74) is 0. The molecule has 0 aromatic carbocycles. The van der Waals surface area contributed by atoms with Gasteiger partial charge in [-0.3, -0.25) is 4.90 Å². The van der Waals surface area contributed by atoms with Gasteiger partial charge in [0.25, 0.3) is 0 Å². The maximum absolute atomic E-state index is 3.48. The molecule has 88 valence electrons. The summed E-state index contributed by atoms with van der Waals surface area (Å²) in [6, 6.07) is 1.63. The van der Waals surface area contributed by atoms with Gasteiger partial charge in [-0.05, 0) is 31.9 Å². The summed E-state index contributed by atoms with van der Waals surface area (Å²) >= 11 is 2.17. The van der Waals surface area contributed by atoms with Crippen molar-refractivity contribution in [2.24, 2.45) is 0 Å². The summed E-state index contributed by atoms with van der Waals surface area (Å²) in [5.74, 6) is 1.29. The molecule has 1 N–H and O–H groups in total. The zero-order valence-electron chi connectivity index (χ0n) is 10.0. The second-order valence-electron chi connectivity index (χ2n) is 4.84. The first-order valence-electron chi connectivity index (χ1n) is 6.39. The molecule has 0 spiro atoms. The Morgan fingerprint density at radius 3 is 3.00 bits per heavy atom. The van der Waals surface area contributed by atoms with Crippen LogP contribution in [0.4, 0.5) is 0 Å². The van der Waals surface area contributed by atoms with Gasteiger partial charge < -0.3 is 5.32 Å². The minimum Gasteiger partial charge on any atom is -0.314 e. The molecule has 3 heteroatoms. The van der Waals surface area contributed by atoms with Gasteiger partial charge in [0.15, 0.2) is 0 Å². The first kappa shape index (κ1) is 11.7. The molecule has 0 aromatic heterocycles. The van der Waals surface area contributed by atoms with Gasteiger partial charge in [-0.1, -0.05) is 6.92 Å². The molecule has 2 fully saturated rings. The lowest BCUT2D eigenvalue weighted by Crippen LogP contribution is -2.53. The Labute approximate surface area is 98.2 Å². The third kappa shape index (κ3) is 2.89. The molecule has 2 aliphatic rings. The minimum absolute atomic E-state index is 0.745. The maximum Gasteiger partial charge on any atom is 0.0195 e. The number of piperazine rings is 1. The highest BCUT2D eigenvalue weighted by Crippen LogP contribution is 2.33. The molecular formula is C12H24N2S. The molecule has 3 atom stereocenters. The van der Waals surface area contributed by atoms with Crippen LogP contribution in [0.3, 0.4) is 0 Å². The van der Waals surface area contributed by atoms with Crippen LogP contribution in [0.15, 0.2) is 0 Å². The lowest BCUT2D eigenvalue weighted by atomic mass is 10.1. The lowest BCUT2D eigenvalue weighted by molar-refractivity contribution is 0.119. The van der Waals surface area contributed by atoms with Gasteiger partial charge in [0.2, 0.25) is 0 Å². The van der Waals surface area contributed by atoms with Gasteiger partial charge in [0, 0.05) is 37.0 Å². The molecule has 1 saturated carbocycles. The molecule has 2 rings (SSSR count). The third-order valence-corrected chi connectivity index (χ3v) is 5.01. The number of nitrogens with zero attached hydrogens (tertiary/aromatic N) is 1. The minimum atomic E-state index is 0.745. The smallest absolute Gasteiger partial charge is 0.0195 e. The molecule has 0 radical (unpaired) electrons. The average molecular weight is 228 g/mol. The van der Waals surface area contributed by atoms with Crippen molar-refractivity contribution in [3.63, 3.8) is 0 Å². The van der Waals surface area contributed by atoms with Gasteiger partial charge in [0.1, 0.15) is 0 Å². The standard InChI is InChI=1S/C12H24N2S/c1-3-15-12-5-4-11(8-12)14-7-6-13-9-10(14)2/h10-13H,3-9H2,1-2H3. The fourth-order valence-electron chi connectivity index (χ4n) is 3.00. The number of hydrogen-bond donors (Lipinski definition) is 1. The highest BCUT2D eigenvalue weighted by atomic mass is 32.2. The molecule has 15 heavy (non-hydrogen) atoms. The molecular weight excluding hydrogens is 204 g/mol. The van der Waals surface area contributed by atoms with Gasteiger partial charge in [-0.15, -0.1) is 0 Å². The Morgan fingerprint density at radius 1 is 1.40 bits per heavy atom. The van der Waals surface area contributed by atoms with Crippen molar-refractivity contribution in [3.8, 4) is 0 Å². The second-order valence-corrected chi connectivity index (χ2v) is 6.41. The van der Waals surface area contributed by atoms with E-state index in [1.807, 2.05) is 0 Å². The van der Waals surface area contributed by atoms with Crippen LogP contribution in [0.2, 0.25) is 0 Å². The molecule has 1 aliphatic heterocycles. The Kier molecular flexibility index (Phi) is 4.35. The number of thioether (sulfide) groups is 1. The topological polar surface area (TPSA) is 15.3 Å². The summed E-state index contributed by atoms with van der Waals surface area (Å²) in [5, 5.41) is 4.42. The highest BCUT2D eigenvalue weighted by Gasteiger charge is 2.32. The Balaban J connectivity index is 1.83. The molecule has 0 bridgehead atoms. The van der Waals surface area contributed by atoms with Crippen molar-refractivity contribution in [2.45, 2.75) is 50.4 Å². The van der Waals surface area contributed by atoms with Crippen molar-refractivity contribution >= 4 is 11.8 Å². The monoisotopic (exact) mass is 228 g/mol. The van der Waals surface area contributed by atoms with Crippen LogP contribution in [-0.4, -0.2) is 47.6 Å². The summed E-state index contributed by atoms with van der Waals surface area (Å²) in [6.45, 7) is 8.28. The third-order valence-electron chi connectivity index (χ3n) is 3.78. The zero-order valence-corrected chi connectivity index (χ0v) is 10.9. The largest absolute Gasteiger partial charge is 0.314 e. The van der Waals surface area contributed by atoms with E-state index in [1.165, 1.54) is 44.6 Å². The van der Waals surface area contributed by atoms with Crippen LogP contribution in [0.5, 0.6) is 0 Å².